The van der Waals surface area contributed by atoms with Gasteiger partial charge in [-0.05, 0) is 36.5 Å². The fourth-order valence-corrected chi connectivity index (χ4v) is 3.38. The number of nitrogens with one attached hydrogen (secondary N) is 1. The lowest BCUT2D eigenvalue weighted by Gasteiger charge is -2.50. The first kappa shape index (κ1) is 13.9. The van der Waals surface area contributed by atoms with Crippen molar-refractivity contribution in [3.05, 3.63) is 28.7 Å². The third-order valence-electron chi connectivity index (χ3n) is 4.43. The smallest absolute Gasteiger partial charge is 0.0666 e. The molecule has 0 aliphatic heterocycles. The van der Waals surface area contributed by atoms with Crippen LogP contribution < -0.4 is 5.32 Å². The molecule has 0 heterocycles. The van der Waals surface area contributed by atoms with E-state index in [9.17, 15) is 5.11 Å². The van der Waals surface area contributed by atoms with Gasteiger partial charge in [-0.15, -0.1) is 0 Å². The van der Waals surface area contributed by atoms with Gasteiger partial charge in [0.15, 0.2) is 0 Å². The summed E-state index contributed by atoms with van der Waals surface area (Å²) in [7, 11) is 0. The number of rotatable bonds is 3. The second kappa shape index (κ2) is 5.22. The maximum atomic E-state index is 9.93. The first-order valence-corrected chi connectivity index (χ1v) is 7.43. The molecule has 0 saturated heterocycles. The molecule has 0 aromatic heterocycles. The Hall–Kier alpha value is -0.540. The van der Waals surface area contributed by atoms with Gasteiger partial charge in [0.05, 0.1) is 12.1 Å². The topological polar surface area (TPSA) is 32.3 Å². The number of anilines is 1. The van der Waals surface area contributed by atoms with Gasteiger partial charge in [0.2, 0.25) is 0 Å². The molecule has 0 spiro atoms. The van der Waals surface area contributed by atoms with Gasteiger partial charge >= 0.3 is 0 Å². The van der Waals surface area contributed by atoms with Crippen LogP contribution >= 0.6 is 15.9 Å². The van der Waals surface area contributed by atoms with Crippen LogP contribution in [0.1, 0.15) is 39.5 Å². The van der Waals surface area contributed by atoms with E-state index >= 15 is 0 Å². The number of aliphatic hydroxyl groups excluding tert-OH is 1. The Bertz CT molecular complexity index is 419. The van der Waals surface area contributed by atoms with E-state index in [1.54, 1.807) is 0 Å². The van der Waals surface area contributed by atoms with Crippen molar-refractivity contribution in [2.75, 3.05) is 11.9 Å². The molecule has 2 rings (SSSR count). The summed E-state index contributed by atoms with van der Waals surface area (Å²) in [6.07, 6.45) is 4.64. The van der Waals surface area contributed by atoms with E-state index in [1.807, 2.05) is 12.1 Å². The number of aliphatic hydroxyl groups is 1. The highest BCUT2D eigenvalue weighted by Gasteiger charge is 2.46. The van der Waals surface area contributed by atoms with Crippen molar-refractivity contribution >= 4 is 21.6 Å². The summed E-state index contributed by atoms with van der Waals surface area (Å²) in [5, 5.41) is 13.5. The van der Waals surface area contributed by atoms with Crippen molar-refractivity contribution < 1.29 is 5.11 Å². The predicted molar refractivity (Wildman–Crippen MR) is 79.8 cm³/mol. The number of hydrogen-bond donors (Lipinski definition) is 2. The van der Waals surface area contributed by atoms with Gasteiger partial charge in [-0.3, -0.25) is 0 Å². The van der Waals surface area contributed by atoms with E-state index in [1.165, 1.54) is 12.8 Å². The van der Waals surface area contributed by atoms with Crippen molar-refractivity contribution in [1.82, 2.24) is 0 Å². The highest BCUT2D eigenvalue weighted by molar-refractivity contribution is 9.10. The fraction of sp³-hybridized carbons (Fsp3) is 0.600. The summed E-state index contributed by atoms with van der Waals surface area (Å²) in [5.41, 5.74) is 0.988. The van der Waals surface area contributed by atoms with Crippen LogP contribution in [0, 0.1) is 5.41 Å². The minimum Gasteiger partial charge on any atom is -0.394 e. The molecule has 1 aliphatic rings. The molecule has 1 aromatic carbocycles. The zero-order valence-electron chi connectivity index (χ0n) is 11.2. The second-order valence-electron chi connectivity index (χ2n) is 5.97. The van der Waals surface area contributed by atoms with Gasteiger partial charge in [-0.2, -0.15) is 0 Å². The molecule has 1 unspecified atom stereocenters. The molecule has 3 heteroatoms. The van der Waals surface area contributed by atoms with Crippen LogP contribution in [0.4, 0.5) is 5.69 Å². The largest absolute Gasteiger partial charge is 0.394 e. The molecule has 18 heavy (non-hydrogen) atoms. The van der Waals surface area contributed by atoms with Crippen LogP contribution in [0.25, 0.3) is 0 Å². The molecule has 1 aromatic rings. The number of hydrogen-bond acceptors (Lipinski definition) is 2. The van der Waals surface area contributed by atoms with Crippen molar-refractivity contribution in [3.8, 4) is 0 Å². The standard InChI is InChI=1S/C15H22BrNO/c1-14(2)8-3-4-9-15(14,11-18)17-13-7-5-6-12(16)10-13/h5-7,10,17-18H,3-4,8-9,11H2,1-2H3. The van der Waals surface area contributed by atoms with E-state index in [0.29, 0.717) is 0 Å². The van der Waals surface area contributed by atoms with E-state index in [-0.39, 0.29) is 17.6 Å². The molecule has 1 fully saturated rings. The van der Waals surface area contributed by atoms with Crippen molar-refractivity contribution in [3.63, 3.8) is 0 Å². The maximum absolute atomic E-state index is 9.93. The van der Waals surface area contributed by atoms with Crippen LogP contribution in [-0.2, 0) is 0 Å². The molecule has 0 amide bonds. The summed E-state index contributed by atoms with van der Waals surface area (Å²) in [4.78, 5) is 0. The Morgan fingerprint density at radius 1 is 1.28 bits per heavy atom. The molecular formula is C15H22BrNO. The molecule has 2 N–H and O–H groups in total. The van der Waals surface area contributed by atoms with Crippen molar-refractivity contribution in [1.29, 1.82) is 0 Å². The van der Waals surface area contributed by atoms with Crippen molar-refractivity contribution in [2.45, 2.75) is 45.1 Å². The third kappa shape index (κ3) is 2.57. The lowest BCUT2D eigenvalue weighted by molar-refractivity contribution is 0.0580. The van der Waals surface area contributed by atoms with Crippen LogP contribution in [0.15, 0.2) is 28.7 Å². The van der Waals surface area contributed by atoms with Gasteiger partial charge in [0.1, 0.15) is 0 Å². The van der Waals surface area contributed by atoms with E-state index in [2.05, 4.69) is 47.2 Å². The van der Waals surface area contributed by atoms with Crippen molar-refractivity contribution in [2.24, 2.45) is 5.41 Å². The molecule has 100 valence electrons. The van der Waals surface area contributed by atoms with Gasteiger partial charge < -0.3 is 10.4 Å². The van der Waals surface area contributed by atoms with Crippen LogP contribution in [-0.4, -0.2) is 17.3 Å². The number of benzene rings is 1. The third-order valence-corrected chi connectivity index (χ3v) is 4.92. The van der Waals surface area contributed by atoms with Crippen LogP contribution in [0.5, 0.6) is 0 Å². The monoisotopic (exact) mass is 311 g/mol. The minimum absolute atomic E-state index is 0.113. The van der Waals surface area contributed by atoms with E-state index < -0.39 is 0 Å². The normalized spacial score (nSPS) is 26.9. The number of halogens is 1. The minimum atomic E-state index is -0.202. The zero-order valence-corrected chi connectivity index (χ0v) is 12.8. The summed E-state index contributed by atoms with van der Waals surface area (Å²) in [6, 6.07) is 8.17. The zero-order chi connectivity index (χ0) is 13.2. The lowest BCUT2D eigenvalue weighted by Crippen LogP contribution is -2.56. The predicted octanol–water partition coefficient (Wildman–Crippen LogP) is 4.19. The summed E-state index contributed by atoms with van der Waals surface area (Å²) < 4.78 is 1.06. The quantitative estimate of drug-likeness (QED) is 0.877. The molecule has 1 atom stereocenters. The molecule has 1 saturated carbocycles. The van der Waals surface area contributed by atoms with E-state index in [0.717, 1.165) is 23.0 Å². The average molecular weight is 312 g/mol. The lowest BCUT2D eigenvalue weighted by atomic mass is 9.63. The summed E-state index contributed by atoms with van der Waals surface area (Å²) >= 11 is 3.49. The Balaban J connectivity index is 2.27. The highest BCUT2D eigenvalue weighted by Crippen LogP contribution is 2.45. The molecule has 0 bridgehead atoms. The average Bonchev–Trinajstić information content (AvgIpc) is 2.32. The summed E-state index contributed by atoms with van der Waals surface area (Å²) in [5.74, 6) is 0. The first-order chi connectivity index (χ1) is 8.49. The van der Waals surface area contributed by atoms with Gasteiger partial charge in [-0.25, -0.2) is 0 Å². The Morgan fingerprint density at radius 3 is 2.61 bits per heavy atom. The summed E-state index contributed by atoms with van der Waals surface area (Å²) in [6.45, 7) is 4.70. The van der Waals surface area contributed by atoms with E-state index in [4.69, 9.17) is 0 Å². The Morgan fingerprint density at radius 2 is 2.00 bits per heavy atom. The fourth-order valence-electron chi connectivity index (χ4n) is 2.98. The van der Waals surface area contributed by atoms with Crippen LogP contribution in [0.2, 0.25) is 0 Å². The van der Waals surface area contributed by atoms with Crippen LogP contribution in [0.3, 0.4) is 0 Å². The van der Waals surface area contributed by atoms with Gasteiger partial charge in [0, 0.05) is 10.2 Å². The maximum Gasteiger partial charge on any atom is 0.0666 e. The Kier molecular flexibility index (Phi) is 4.02. The van der Waals surface area contributed by atoms with Gasteiger partial charge in [-0.1, -0.05) is 48.7 Å². The molecule has 0 radical (unpaired) electrons. The first-order valence-electron chi connectivity index (χ1n) is 6.64. The Labute approximate surface area is 118 Å². The van der Waals surface area contributed by atoms with Gasteiger partial charge in [0.25, 0.3) is 0 Å². The second-order valence-corrected chi connectivity index (χ2v) is 6.88. The SMILES string of the molecule is CC1(C)CCCCC1(CO)Nc1cccc(Br)c1. The highest BCUT2D eigenvalue weighted by atomic mass is 79.9. The molecule has 2 nitrogen and oxygen atoms in total. The molecular weight excluding hydrogens is 290 g/mol. The molecule has 1 aliphatic carbocycles.